The number of hydrogen-bond donors (Lipinski definition) is 2. The van der Waals surface area contributed by atoms with Crippen LogP contribution in [0.5, 0.6) is 0 Å². The van der Waals surface area contributed by atoms with Crippen molar-refractivity contribution in [3.05, 3.63) is 51.3 Å². The molecule has 2 N–H and O–H groups in total. The van der Waals surface area contributed by atoms with Gasteiger partial charge >= 0.3 is 0 Å². The molecule has 0 saturated heterocycles. The average molecular weight is 349 g/mol. The number of furan rings is 1. The molecule has 0 fully saturated rings. The number of fused-ring (bicyclic) bond motifs is 1. The molecule has 3 aromatic heterocycles. The minimum Gasteiger partial charge on any atom is -0.467 e. The van der Waals surface area contributed by atoms with Gasteiger partial charge in [-0.3, -0.25) is 9.59 Å². The quantitative estimate of drug-likeness (QED) is 0.714. The van der Waals surface area contributed by atoms with Crippen LogP contribution in [0.25, 0.3) is 10.2 Å². The third kappa shape index (κ3) is 4.02. The van der Waals surface area contributed by atoms with Crippen LogP contribution in [0.2, 0.25) is 0 Å². The third-order valence-corrected chi connectivity index (χ3v) is 4.97. The van der Waals surface area contributed by atoms with Gasteiger partial charge in [0.05, 0.1) is 29.7 Å². The Morgan fingerprint density at radius 1 is 1.52 bits per heavy atom. The predicted molar refractivity (Wildman–Crippen MR) is 91.7 cm³/mol. The topological polar surface area (TPSA) is 88.0 Å². The molecule has 0 aliphatic heterocycles. The highest BCUT2D eigenvalue weighted by Crippen LogP contribution is 2.20. The second-order valence-electron chi connectivity index (χ2n) is 4.94. The molecule has 120 valence electrons. The number of H-pyrrole nitrogens is 1. The number of nitrogens with zero attached hydrogens (tertiary/aromatic N) is 1. The minimum absolute atomic E-state index is 0.0817. The number of thioether (sulfide) groups is 1. The minimum atomic E-state index is -0.128. The summed E-state index contributed by atoms with van der Waals surface area (Å²) in [6.45, 7) is 2.32. The summed E-state index contributed by atoms with van der Waals surface area (Å²) in [5, 5.41) is 3.39. The number of aromatic nitrogens is 2. The highest BCUT2D eigenvalue weighted by atomic mass is 32.2. The first-order chi connectivity index (χ1) is 11.1. The van der Waals surface area contributed by atoms with Gasteiger partial charge in [-0.25, -0.2) is 4.98 Å². The van der Waals surface area contributed by atoms with E-state index in [1.54, 1.807) is 18.4 Å². The van der Waals surface area contributed by atoms with Crippen molar-refractivity contribution in [2.45, 2.75) is 19.2 Å². The van der Waals surface area contributed by atoms with Gasteiger partial charge in [0.15, 0.2) is 0 Å². The van der Waals surface area contributed by atoms with E-state index in [4.69, 9.17) is 4.42 Å². The summed E-state index contributed by atoms with van der Waals surface area (Å²) in [7, 11) is 0. The molecule has 1 amide bonds. The van der Waals surface area contributed by atoms with Crippen molar-refractivity contribution in [1.82, 2.24) is 15.3 Å². The Labute approximate surface area is 140 Å². The van der Waals surface area contributed by atoms with Gasteiger partial charge in [0.1, 0.15) is 16.4 Å². The molecule has 23 heavy (non-hydrogen) atoms. The van der Waals surface area contributed by atoms with Crippen molar-refractivity contribution >= 4 is 39.2 Å². The molecule has 0 aromatic carbocycles. The number of aryl methyl sites for hydroxylation is 1. The fraction of sp³-hybridized carbons (Fsp3) is 0.267. The molecule has 3 heterocycles. The Balaban J connectivity index is 1.52. The lowest BCUT2D eigenvalue weighted by atomic mass is 10.4. The average Bonchev–Trinajstić information content (AvgIpc) is 3.14. The summed E-state index contributed by atoms with van der Waals surface area (Å²) in [6, 6.07) is 5.42. The van der Waals surface area contributed by atoms with E-state index in [1.807, 2.05) is 13.0 Å². The zero-order valence-electron chi connectivity index (χ0n) is 12.4. The van der Waals surface area contributed by atoms with Crippen molar-refractivity contribution in [1.29, 1.82) is 0 Å². The molecule has 0 aliphatic rings. The van der Waals surface area contributed by atoms with Crippen molar-refractivity contribution in [2.75, 3.05) is 5.75 Å². The molecule has 0 radical (unpaired) electrons. The first-order valence-corrected chi connectivity index (χ1v) is 8.95. The molecule has 0 bridgehead atoms. The molecular formula is C15H15N3O3S2. The Morgan fingerprint density at radius 2 is 2.39 bits per heavy atom. The normalized spacial score (nSPS) is 11.0. The summed E-state index contributed by atoms with van der Waals surface area (Å²) in [4.78, 5) is 32.7. The standard InChI is InChI=1S/C15H15N3O3S2/c1-9-5-11-14(20)17-12(18-15(11)23-9)7-22-8-13(19)16-6-10-3-2-4-21-10/h2-5H,6-8H2,1H3,(H,16,19)(H,17,18,20). The fourth-order valence-corrected chi connectivity index (χ4v) is 3.67. The molecular weight excluding hydrogens is 334 g/mol. The van der Waals surface area contributed by atoms with E-state index in [-0.39, 0.29) is 11.5 Å². The second kappa shape index (κ2) is 7.01. The number of hydrogen-bond acceptors (Lipinski definition) is 6. The van der Waals surface area contributed by atoms with Gasteiger partial charge in [-0.05, 0) is 25.1 Å². The molecule has 8 heteroatoms. The lowest BCUT2D eigenvalue weighted by molar-refractivity contribution is -0.118. The largest absolute Gasteiger partial charge is 0.467 e. The van der Waals surface area contributed by atoms with Gasteiger partial charge in [0, 0.05) is 4.88 Å². The zero-order chi connectivity index (χ0) is 16.2. The zero-order valence-corrected chi connectivity index (χ0v) is 14.1. The van der Waals surface area contributed by atoms with Crippen LogP contribution in [0.4, 0.5) is 0 Å². The molecule has 0 aliphatic carbocycles. The highest BCUT2D eigenvalue weighted by Gasteiger charge is 2.08. The Hall–Kier alpha value is -2.06. The summed E-state index contributed by atoms with van der Waals surface area (Å²) in [5.41, 5.74) is -0.128. The van der Waals surface area contributed by atoms with E-state index in [0.717, 1.165) is 9.71 Å². The van der Waals surface area contributed by atoms with Gasteiger partial charge in [-0.2, -0.15) is 0 Å². The molecule has 0 atom stereocenters. The maximum Gasteiger partial charge on any atom is 0.259 e. The van der Waals surface area contributed by atoms with E-state index in [1.165, 1.54) is 23.1 Å². The van der Waals surface area contributed by atoms with Gasteiger partial charge < -0.3 is 14.7 Å². The maximum atomic E-state index is 12.0. The van der Waals surface area contributed by atoms with Crippen molar-refractivity contribution < 1.29 is 9.21 Å². The summed E-state index contributed by atoms with van der Waals surface area (Å²) in [5.74, 6) is 2.00. The number of aromatic amines is 1. The van der Waals surface area contributed by atoms with Crippen LogP contribution in [0.3, 0.4) is 0 Å². The molecule has 3 aromatic rings. The fourth-order valence-electron chi connectivity index (χ4n) is 2.06. The van der Waals surface area contributed by atoms with Crippen molar-refractivity contribution in [3.8, 4) is 0 Å². The van der Waals surface area contributed by atoms with Crippen LogP contribution in [-0.2, 0) is 17.1 Å². The summed E-state index contributed by atoms with van der Waals surface area (Å²) >= 11 is 2.90. The third-order valence-electron chi connectivity index (χ3n) is 3.09. The first kappa shape index (κ1) is 15.8. The smallest absolute Gasteiger partial charge is 0.259 e. The van der Waals surface area contributed by atoms with Gasteiger partial charge in [0.2, 0.25) is 5.91 Å². The van der Waals surface area contributed by atoms with E-state index in [0.29, 0.717) is 35.0 Å². The van der Waals surface area contributed by atoms with Crippen LogP contribution < -0.4 is 10.9 Å². The predicted octanol–water partition coefficient (Wildman–Crippen LogP) is 2.44. The van der Waals surface area contributed by atoms with Crippen LogP contribution in [-0.4, -0.2) is 21.6 Å². The van der Waals surface area contributed by atoms with E-state index in [9.17, 15) is 9.59 Å². The van der Waals surface area contributed by atoms with Crippen molar-refractivity contribution in [3.63, 3.8) is 0 Å². The Bertz CT molecular complexity index is 868. The number of amides is 1. The number of rotatable bonds is 6. The number of carbonyl (C=O) groups excluding carboxylic acids is 1. The molecule has 0 unspecified atom stereocenters. The summed E-state index contributed by atoms with van der Waals surface area (Å²) in [6.07, 6.45) is 1.57. The lowest BCUT2D eigenvalue weighted by Gasteiger charge is -2.03. The number of nitrogens with one attached hydrogen (secondary N) is 2. The Morgan fingerprint density at radius 3 is 3.17 bits per heavy atom. The van der Waals surface area contributed by atoms with Crippen LogP contribution in [0, 0.1) is 6.92 Å². The van der Waals surface area contributed by atoms with Gasteiger partial charge in [0.25, 0.3) is 5.56 Å². The lowest BCUT2D eigenvalue weighted by Crippen LogP contribution is -2.24. The number of carbonyl (C=O) groups is 1. The molecule has 3 rings (SSSR count). The number of thiophene rings is 1. The van der Waals surface area contributed by atoms with Crippen LogP contribution in [0.15, 0.2) is 33.7 Å². The highest BCUT2D eigenvalue weighted by molar-refractivity contribution is 7.99. The van der Waals surface area contributed by atoms with Crippen LogP contribution >= 0.6 is 23.1 Å². The van der Waals surface area contributed by atoms with Gasteiger partial charge in [-0.1, -0.05) is 0 Å². The van der Waals surface area contributed by atoms with E-state index in [2.05, 4.69) is 15.3 Å². The van der Waals surface area contributed by atoms with E-state index < -0.39 is 0 Å². The molecule has 6 nitrogen and oxygen atoms in total. The Kier molecular flexibility index (Phi) is 4.82. The van der Waals surface area contributed by atoms with Gasteiger partial charge in [-0.15, -0.1) is 23.1 Å². The van der Waals surface area contributed by atoms with Crippen molar-refractivity contribution in [2.24, 2.45) is 0 Å². The first-order valence-electron chi connectivity index (χ1n) is 6.98. The monoisotopic (exact) mass is 349 g/mol. The second-order valence-corrected chi connectivity index (χ2v) is 7.16. The van der Waals surface area contributed by atoms with Crippen LogP contribution in [0.1, 0.15) is 16.5 Å². The molecule has 0 spiro atoms. The SMILES string of the molecule is Cc1cc2c(=O)[nH]c(CSCC(=O)NCc3ccco3)nc2s1. The summed E-state index contributed by atoms with van der Waals surface area (Å²) < 4.78 is 5.14. The van der Waals surface area contributed by atoms with E-state index >= 15 is 0 Å². The molecule has 0 saturated carbocycles. The maximum absolute atomic E-state index is 12.0.